The maximum absolute atomic E-state index is 12.8. The average molecular weight is 410 g/mol. The van der Waals surface area contributed by atoms with Crippen LogP contribution < -0.4 is 15.6 Å². The molecular formula is C22H26N4O4. The lowest BCUT2D eigenvalue weighted by molar-refractivity contribution is -0.116. The number of ether oxygens (including phenoxy) is 1. The fraction of sp³-hybridized carbons (Fsp3) is 0.364. The summed E-state index contributed by atoms with van der Waals surface area (Å²) in [5, 5.41) is 6.76. The molecule has 3 rings (SSSR count). The first kappa shape index (κ1) is 21.3. The standard InChI is InChI=1S/C22H26N4O4/c1-5-29-18-9-7-6-8-17(18)23-19(27)12-13-20-24-21(25-30-20)16-11-10-15(4)26(14(2)3)22(16)28/h6-11,14H,5,12-13H2,1-4H3,(H,23,27). The molecule has 3 aromatic rings. The van der Waals surface area contributed by atoms with Crippen LogP contribution in [0.25, 0.3) is 11.4 Å². The fourth-order valence-corrected chi connectivity index (χ4v) is 3.21. The van der Waals surface area contributed by atoms with Crippen LogP contribution in [0, 0.1) is 6.92 Å². The summed E-state index contributed by atoms with van der Waals surface area (Å²) in [7, 11) is 0. The van der Waals surface area contributed by atoms with Crippen molar-refractivity contribution < 1.29 is 14.1 Å². The Morgan fingerprint density at radius 2 is 2.00 bits per heavy atom. The highest BCUT2D eigenvalue weighted by atomic mass is 16.5. The van der Waals surface area contributed by atoms with Crippen LogP contribution >= 0.6 is 0 Å². The lowest BCUT2D eigenvalue weighted by Gasteiger charge is -2.14. The molecule has 0 atom stereocenters. The van der Waals surface area contributed by atoms with Crippen LogP contribution in [0.2, 0.25) is 0 Å². The number of amides is 1. The highest BCUT2D eigenvalue weighted by molar-refractivity contribution is 5.92. The van der Waals surface area contributed by atoms with Crippen LogP contribution in [0.5, 0.6) is 5.75 Å². The van der Waals surface area contributed by atoms with E-state index in [1.54, 1.807) is 22.8 Å². The highest BCUT2D eigenvalue weighted by Gasteiger charge is 2.17. The molecule has 0 radical (unpaired) electrons. The zero-order valence-corrected chi connectivity index (χ0v) is 17.6. The van der Waals surface area contributed by atoms with Crippen LogP contribution in [0.4, 0.5) is 5.69 Å². The molecule has 0 fully saturated rings. The number of pyridine rings is 1. The lowest BCUT2D eigenvalue weighted by atomic mass is 10.2. The summed E-state index contributed by atoms with van der Waals surface area (Å²) in [5.74, 6) is 0.953. The molecule has 0 bridgehead atoms. The largest absolute Gasteiger partial charge is 0.492 e. The Bertz CT molecular complexity index is 1080. The van der Waals surface area contributed by atoms with Gasteiger partial charge in [0.25, 0.3) is 5.56 Å². The molecule has 0 aliphatic rings. The number of aryl methyl sites for hydroxylation is 2. The van der Waals surface area contributed by atoms with Crippen molar-refractivity contribution in [1.82, 2.24) is 14.7 Å². The van der Waals surface area contributed by atoms with Crippen molar-refractivity contribution in [1.29, 1.82) is 0 Å². The van der Waals surface area contributed by atoms with E-state index in [0.717, 1.165) is 5.69 Å². The molecule has 0 aliphatic heterocycles. The number of hydrogen-bond acceptors (Lipinski definition) is 6. The Morgan fingerprint density at radius 3 is 2.73 bits per heavy atom. The normalized spacial score (nSPS) is 11.0. The SMILES string of the molecule is CCOc1ccccc1NC(=O)CCc1nc(-c2ccc(C)n(C(C)C)c2=O)no1. The number of benzene rings is 1. The van der Waals surface area contributed by atoms with Crippen LogP contribution in [0.3, 0.4) is 0 Å². The van der Waals surface area contributed by atoms with Gasteiger partial charge in [-0.2, -0.15) is 4.98 Å². The van der Waals surface area contributed by atoms with E-state index in [9.17, 15) is 9.59 Å². The Hall–Kier alpha value is -3.42. The molecule has 8 heteroatoms. The third-order valence-electron chi connectivity index (χ3n) is 4.57. The molecular weight excluding hydrogens is 384 g/mol. The predicted molar refractivity (Wildman–Crippen MR) is 114 cm³/mol. The minimum absolute atomic E-state index is 0.0204. The van der Waals surface area contributed by atoms with E-state index in [1.807, 2.05) is 45.9 Å². The van der Waals surface area contributed by atoms with E-state index in [4.69, 9.17) is 9.26 Å². The molecule has 1 amide bonds. The minimum atomic E-state index is -0.195. The Kier molecular flexibility index (Phi) is 6.66. The summed E-state index contributed by atoms with van der Waals surface area (Å²) >= 11 is 0. The smallest absolute Gasteiger partial charge is 0.262 e. The van der Waals surface area contributed by atoms with E-state index >= 15 is 0 Å². The van der Waals surface area contributed by atoms with Crippen molar-refractivity contribution in [2.75, 3.05) is 11.9 Å². The molecule has 0 spiro atoms. The number of nitrogens with one attached hydrogen (secondary N) is 1. The van der Waals surface area contributed by atoms with Gasteiger partial charge >= 0.3 is 0 Å². The van der Waals surface area contributed by atoms with Crippen molar-refractivity contribution in [3.8, 4) is 17.1 Å². The van der Waals surface area contributed by atoms with Gasteiger partial charge in [0.2, 0.25) is 17.6 Å². The van der Waals surface area contributed by atoms with Gasteiger partial charge in [-0.05, 0) is 52.0 Å². The first-order valence-electron chi connectivity index (χ1n) is 9.97. The van der Waals surface area contributed by atoms with Crippen molar-refractivity contribution in [3.63, 3.8) is 0 Å². The zero-order chi connectivity index (χ0) is 21.7. The molecule has 2 aromatic heterocycles. The summed E-state index contributed by atoms with van der Waals surface area (Å²) < 4.78 is 12.5. The van der Waals surface area contributed by atoms with Crippen molar-refractivity contribution in [2.45, 2.75) is 46.6 Å². The summed E-state index contributed by atoms with van der Waals surface area (Å²) in [6.45, 7) is 8.17. The maximum atomic E-state index is 12.8. The second kappa shape index (κ2) is 9.39. The van der Waals surface area contributed by atoms with Crippen LogP contribution in [0.1, 0.15) is 44.8 Å². The van der Waals surface area contributed by atoms with Gasteiger partial charge in [-0.3, -0.25) is 9.59 Å². The molecule has 1 aromatic carbocycles. The van der Waals surface area contributed by atoms with Gasteiger partial charge in [0, 0.05) is 24.6 Å². The quantitative estimate of drug-likeness (QED) is 0.607. The second-order valence-corrected chi connectivity index (χ2v) is 7.15. The number of aromatic nitrogens is 3. The maximum Gasteiger partial charge on any atom is 0.262 e. The number of carbonyl (C=O) groups is 1. The van der Waals surface area contributed by atoms with Crippen molar-refractivity contribution in [3.05, 3.63) is 58.3 Å². The zero-order valence-electron chi connectivity index (χ0n) is 17.6. The van der Waals surface area contributed by atoms with E-state index < -0.39 is 0 Å². The number of rotatable bonds is 8. The van der Waals surface area contributed by atoms with Gasteiger partial charge in [0.05, 0.1) is 17.9 Å². The number of para-hydroxylation sites is 2. The van der Waals surface area contributed by atoms with Gasteiger partial charge in [0.15, 0.2) is 0 Å². The van der Waals surface area contributed by atoms with E-state index in [-0.39, 0.29) is 36.2 Å². The molecule has 0 saturated carbocycles. The van der Waals surface area contributed by atoms with Crippen LogP contribution in [0.15, 0.2) is 45.7 Å². The lowest BCUT2D eigenvalue weighted by Crippen LogP contribution is -2.25. The first-order valence-corrected chi connectivity index (χ1v) is 9.97. The molecule has 158 valence electrons. The monoisotopic (exact) mass is 410 g/mol. The second-order valence-electron chi connectivity index (χ2n) is 7.15. The fourth-order valence-electron chi connectivity index (χ4n) is 3.21. The van der Waals surface area contributed by atoms with E-state index in [0.29, 0.717) is 29.5 Å². The minimum Gasteiger partial charge on any atom is -0.492 e. The van der Waals surface area contributed by atoms with Crippen LogP contribution in [-0.4, -0.2) is 27.2 Å². The molecule has 1 N–H and O–H groups in total. The highest BCUT2D eigenvalue weighted by Crippen LogP contribution is 2.24. The van der Waals surface area contributed by atoms with E-state index in [2.05, 4.69) is 15.5 Å². The number of anilines is 1. The molecule has 0 aliphatic carbocycles. The summed E-state index contributed by atoms with van der Waals surface area (Å²) in [5.41, 5.74) is 1.69. The number of carbonyl (C=O) groups excluding carboxylic acids is 1. The molecule has 30 heavy (non-hydrogen) atoms. The third kappa shape index (κ3) is 4.76. The van der Waals surface area contributed by atoms with Gasteiger partial charge in [-0.25, -0.2) is 0 Å². The molecule has 2 heterocycles. The summed E-state index contributed by atoms with van der Waals surface area (Å²) in [6, 6.07) is 10.8. The van der Waals surface area contributed by atoms with Gasteiger partial charge in [-0.1, -0.05) is 17.3 Å². The van der Waals surface area contributed by atoms with Crippen LogP contribution in [-0.2, 0) is 11.2 Å². The Balaban J connectivity index is 1.68. The van der Waals surface area contributed by atoms with Gasteiger partial charge < -0.3 is 19.1 Å². The van der Waals surface area contributed by atoms with Gasteiger partial charge in [0.1, 0.15) is 5.75 Å². The number of hydrogen-bond donors (Lipinski definition) is 1. The van der Waals surface area contributed by atoms with Crippen molar-refractivity contribution >= 4 is 11.6 Å². The average Bonchev–Trinajstić information content (AvgIpc) is 3.17. The number of nitrogens with zero attached hydrogens (tertiary/aromatic N) is 3. The Morgan fingerprint density at radius 1 is 1.23 bits per heavy atom. The Labute approximate surface area is 174 Å². The first-order chi connectivity index (χ1) is 14.4. The molecule has 0 unspecified atom stereocenters. The predicted octanol–water partition coefficient (Wildman–Crippen LogP) is 3.76. The molecule has 0 saturated heterocycles. The summed E-state index contributed by atoms with van der Waals surface area (Å²) in [4.78, 5) is 29.4. The topological polar surface area (TPSA) is 99.2 Å². The third-order valence-corrected chi connectivity index (χ3v) is 4.57. The summed E-state index contributed by atoms with van der Waals surface area (Å²) in [6.07, 6.45) is 0.423. The van der Waals surface area contributed by atoms with Crippen molar-refractivity contribution in [2.24, 2.45) is 0 Å². The molecule has 8 nitrogen and oxygen atoms in total. The van der Waals surface area contributed by atoms with E-state index in [1.165, 1.54) is 0 Å². The van der Waals surface area contributed by atoms with Gasteiger partial charge in [-0.15, -0.1) is 0 Å².